The quantitative estimate of drug-likeness (QED) is 0.851. The lowest BCUT2D eigenvalue weighted by Gasteiger charge is -2.31. The van der Waals surface area contributed by atoms with Crippen LogP contribution in [0.25, 0.3) is 0 Å². The number of carbonyl (C=O) groups excluding carboxylic acids is 1. The van der Waals surface area contributed by atoms with Crippen molar-refractivity contribution in [2.24, 2.45) is 0 Å². The smallest absolute Gasteiger partial charge is 0.255 e. The minimum absolute atomic E-state index is 0.0316. The van der Waals surface area contributed by atoms with Crippen LogP contribution in [0.2, 0.25) is 0 Å². The third kappa shape index (κ3) is 3.98. The molecule has 1 amide bonds. The fourth-order valence-corrected chi connectivity index (χ4v) is 4.81. The van der Waals surface area contributed by atoms with Crippen molar-refractivity contribution in [3.8, 4) is 5.75 Å². The van der Waals surface area contributed by atoms with Crippen LogP contribution >= 0.6 is 0 Å². The van der Waals surface area contributed by atoms with E-state index in [1.165, 1.54) is 4.31 Å². The number of aromatic hydroxyl groups is 1. The van der Waals surface area contributed by atoms with Crippen molar-refractivity contribution in [3.63, 3.8) is 0 Å². The first-order valence-corrected chi connectivity index (χ1v) is 10.6. The lowest BCUT2D eigenvalue weighted by molar-refractivity contribution is 0.0921. The van der Waals surface area contributed by atoms with E-state index in [9.17, 15) is 18.3 Å². The summed E-state index contributed by atoms with van der Waals surface area (Å²) in [4.78, 5) is 12.6. The van der Waals surface area contributed by atoms with Crippen LogP contribution in [0.1, 0.15) is 54.1 Å². The highest BCUT2D eigenvalue weighted by Gasteiger charge is 2.28. The number of aryl methyl sites for hydroxylation is 2. The van der Waals surface area contributed by atoms with E-state index in [0.29, 0.717) is 31.5 Å². The van der Waals surface area contributed by atoms with Crippen molar-refractivity contribution in [1.29, 1.82) is 0 Å². The molecule has 138 valence electrons. The van der Waals surface area contributed by atoms with Crippen molar-refractivity contribution < 1.29 is 18.3 Å². The second kappa shape index (κ2) is 7.33. The molecule has 1 aromatic rings. The second-order valence-corrected chi connectivity index (χ2v) is 9.15. The minimum atomic E-state index is -3.16. The van der Waals surface area contributed by atoms with Gasteiger partial charge in [0.25, 0.3) is 5.91 Å². The number of carbonyl (C=O) groups is 1. The summed E-state index contributed by atoms with van der Waals surface area (Å²) < 4.78 is 25.3. The molecule has 1 aromatic carbocycles. The Morgan fingerprint density at radius 2 is 1.80 bits per heavy atom. The van der Waals surface area contributed by atoms with Gasteiger partial charge in [-0.1, -0.05) is 0 Å². The predicted molar refractivity (Wildman–Crippen MR) is 96.3 cm³/mol. The molecule has 1 aliphatic carbocycles. The highest BCUT2D eigenvalue weighted by atomic mass is 32.2. The number of hydrogen-bond donors (Lipinski definition) is 2. The van der Waals surface area contributed by atoms with E-state index in [-0.39, 0.29) is 23.5 Å². The van der Waals surface area contributed by atoms with Gasteiger partial charge < -0.3 is 10.4 Å². The number of rotatable bonds is 4. The molecule has 1 aliphatic heterocycles. The number of phenolic OH excluding ortho intramolecular Hbond substituents is 1. The Balaban J connectivity index is 1.64. The van der Waals surface area contributed by atoms with E-state index in [4.69, 9.17) is 0 Å². The van der Waals surface area contributed by atoms with E-state index in [1.54, 1.807) is 13.0 Å². The van der Waals surface area contributed by atoms with Crippen LogP contribution in [0.4, 0.5) is 0 Å². The molecule has 2 aliphatic rings. The molecular formula is C18H26N2O4S. The molecule has 0 radical (unpaired) electrons. The molecule has 0 spiro atoms. The number of nitrogens with zero attached hydrogens (tertiary/aromatic N) is 1. The van der Waals surface area contributed by atoms with Crippen LogP contribution in [0, 0.1) is 0 Å². The highest BCUT2D eigenvalue weighted by molar-refractivity contribution is 7.89. The Morgan fingerprint density at radius 1 is 1.20 bits per heavy atom. The van der Waals surface area contributed by atoms with Crippen molar-refractivity contribution in [3.05, 3.63) is 28.8 Å². The Bertz CT molecular complexity index is 753. The number of phenols is 1. The van der Waals surface area contributed by atoms with Gasteiger partial charge in [0.15, 0.2) is 0 Å². The fraction of sp³-hybridized carbons (Fsp3) is 0.611. The van der Waals surface area contributed by atoms with E-state index < -0.39 is 10.0 Å². The summed E-state index contributed by atoms with van der Waals surface area (Å²) in [6.45, 7) is 2.50. The Morgan fingerprint density at radius 3 is 2.40 bits per heavy atom. The van der Waals surface area contributed by atoms with Crippen LogP contribution in [-0.2, 0) is 22.9 Å². The average Bonchev–Trinajstić information content (AvgIpc) is 2.61. The minimum Gasteiger partial charge on any atom is -0.507 e. The summed E-state index contributed by atoms with van der Waals surface area (Å²) >= 11 is 0. The molecule has 0 atom stereocenters. The Hall–Kier alpha value is -1.60. The molecule has 0 bridgehead atoms. The Labute approximate surface area is 149 Å². The van der Waals surface area contributed by atoms with E-state index in [1.807, 2.05) is 6.07 Å². The van der Waals surface area contributed by atoms with Gasteiger partial charge in [-0.15, -0.1) is 0 Å². The van der Waals surface area contributed by atoms with Gasteiger partial charge in [-0.2, -0.15) is 0 Å². The van der Waals surface area contributed by atoms with E-state index in [2.05, 4.69) is 5.32 Å². The third-order valence-corrected chi connectivity index (χ3v) is 7.13. The maximum absolute atomic E-state index is 12.6. The van der Waals surface area contributed by atoms with Crippen LogP contribution < -0.4 is 5.32 Å². The van der Waals surface area contributed by atoms with E-state index >= 15 is 0 Å². The van der Waals surface area contributed by atoms with Gasteiger partial charge in [-0.25, -0.2) is 12.7 Å². The summed E-state index contributed by atoms with van der Waals surface area (Å²) in [7, 11) is -3.16. The number of benzene rings is 1. The monoisotopic (exact) mass is 366 g/mol. The molecule has 6 nitrogen and oxygen atoms in total. The van der Waals surface area contributed by atoms with Crippen LogP contribution in [0.5, 0.6) is 5.75 Å². The van der Waals surface area contributed by atoms with Gasteiger partial charge in [0, 0.05) is 19.1 Å². The topological polar surface area (TPSA) is 86.7 Å². The SMILES string of the molecule is CCS(=O)(=O)N1CCC(NC(=O)c2cc3c(cc2O)CCCC3)CC1. The average molecular weight is 366 g/mol. The van der Waals surface area contributed by atoms with Gasteiger partial charge in [0.1, 0.15) is 5.75 Å². The molecule has 1 heterocycles. The first-order valence-electron chi connectivity index (χ1n) is 9.04. The maximum Gasteiger partial charge on any atom is 0.255 e. The van der Waals surface area contributed by atoms with Crippen molar-refractivity contribution in [2.45, 2.75) is 51.5 Å². The summed E-state index contributed by atoms with van der Waals surface area (Å²) in [5.74, 6) is -0.139. The summed E-state index contributed by atoms with van der Waals surface area (Å²) in [5, 5.41) is 13.2. The number of nitrogens with one attached hydrogen (secondary N) is 1. The first kappa shape index (κ1) is 18.2. The zero-order valence-corrected chi connectivity index (χ0v) is 15.4. The van der Waals surface area contributed by atoms with Crippen molar-refractivity contribution >= 4 is 15.9 Å². The normalized spacial score (nSPS) is 19.4. The van der Waals surface area contributed by atoms with Gasteiger partial charge in [0.05, 0.1) is 11.3 Å². The molecule has 25 heavy (non-hydrogen) atoms. The molecule has 0 unspecified atom stereocenters. The maximum atomic E-state index is 12.6. The Kier molecular flexibility index (Phi) is 5.34. The van der Waals surface area contributed by atoms with Crippen LogP contribution in [-0.4, -0.2) is 48.6 Å². The predicted octanol–water partition coefficient (Wildman–Crippen LogP) is 1.81. The third-order valence-electron chi connectivity index (χ3n) is 5.25. The van der Waals surface area contributed by atoms with Crippen molar-refractivity contribution in [1.82, 2.24) is 9.62 Å². The van der Waals surface area contributed by atoms with Gasteiger partial charge >= 0.3 is 0 Å². The van der Waals surface area contributed by atoms with Crippen molar-refractivity contribution in [2.75, 3.05) is 18.8 Å². The molecule has 1 fully saturated rings. The molecule has 3 rings (SSSR count). The highest BCUT2D eigenvalue weighted by Crippen LogP contribution is 2.28. The lowest BCUT2D eigenvalue weighted by atomic mass is 9.89. The van der Waals surface area contributed by atoms with Crippen LogP contribution in [0.3, 0.4) is 0 Å². The zero-order valence-electron chi connectivity index (χ0n) is 14.6. The number of fused-ring (bicyclic) bond motifs is 1. The zero-order chi connectivity index (χ0) is 18.0. The number of hydrogen-bond acceptors (Lipinski definition) is 4. The first-order chi connectivity index (χ1) is 11.9. The lowest BCUT2D eigenvalue weighted by Crippen LogP contribution is -2.46. The van der Waals surface area contributed by atoms with E-state index in [0.717, 1.165) is 36.8 Å². The summed E-state index contributed by atoms with van der Waals surface area (Å²) in [6.07, 6.45) is 5.33. The standard InChI is InChI=1S/C18H26N2O4S/c1-2-25(23,24)20-9-7-15(8-10-20)19-18(22)16-11-13-5-3-4-6-14(13)12-17(16)21/h11-12,15,21H,2-10H2,1H3,(H,19,22). The number of sulfonamides is 1. The van der Waals surface area contributed by atoms with Gasteiger partial charge in [-0.05, 0) is 68.7 Å². The summed E-state index contributed by atoms with van der Waals surface area (Å²) in [5.41, 5.74) is 2.61. The molecule has 0 saturated carbocycles. The summed E-state index contributed by atoms with van der Waals surface area (Å²) in [6, 6.07) is 3.47. The van der Waals surface area contributed by atoms with Gasteiger partial charge in [-0.3, -0.25) is 4.79 Å². The molecule has 7 heteroatoms. The number of amides is 1. The van der Waals surface area contributed by atoms with Gasteiger partial charge in [0.2, 0.25) is 10.0 Å². The fourth-order valence-electron chi connectivity index (χ4n) is 3.68. The van der Waals surface area contributed by atoms with Crippen LogP contribution in [0.15, 0.2) is 12.1 Å². The largest absolute Gasteiger partial charge is 0.507 e. The molecular weight excluding hydrogens is 340 g/mol. The molecule has 0 aromatic heterocycles. The number of piperidine rings is 1. The molecule has 2 N–H and O–H groups in total. The molecule has 1 saturated heterocycles. The second-order valence-electron chi connectivity index (χ2n) is 6.89.